The first kappa shape index (κ1) is 13.0. The number of nitro groups is 1. The molecule has 1 rings (SSSR count). The summed E-state index contributed by atoms with van der Waals surface area (Å²) in [6, 6.07) is 6.12. The fourth-order valence-electron chi connectivity index (χ4n) is 1.28. The maximum Gasteiger partial charge on any atom is 0.271 e. The number of carbonyl (C=O) groups is 1. The summed E-state index contributed by atoms with van der Waals surface area (Å²) in [4.78, 5) is 21.4. The second kappa shape index (κ2) is 5.83. The molecule has 0 atom stereocenters. The maximum atomic E-state index is 11.3. The Morgan fingerprint density at radius 3 is 2.76 bits per heavy atom. The van der Waals surface area contributed by atoms with E-state index in [-0.39, 0.29) is 24.2 Å². The van der Waals surface area contributed by atoms with Crippen molar-refractivity contribution in [2.24, 2.45) is 0 Å². The van der Waals surface area contributed by atoms with E-state index in [4.69, 9.17) is 0 Å². The van der Waals surface area contributed by atoms with E-state index in [0.717, 1.165) is 0 Å². The molecule has 1 aromatic rings. The van der Waals surface area contributed by atoms with Gasteiger partial charge >= 0.3 is 0 Å². The molecule has 92 valence electrons. The van der Waals surface area contributed by atoms with Gasteiger partial charge in [-0.25, -0.2) is 0 Å². The van der Waals surface area contributed by atoms with Crippen LogP contribution >= 0.6 is 0 Å². The van der Waals surface area contributed by atoms with Crippen LogP contribution in [0.2, 0.25) is 0 Å². The molecule has 0 aromatic heterocycles. The lowest BCUT2D eigenvalue weighted by molar-refractivity contribution is -0.384. The molecule has 0 saturated carbocycles. The first-order valence-corrected chi connectivity index (χ1v) is 5.26. The molecule has 0 unspecified atom stereocenters. The molecule has 0 radical (unpaired) electrons. The lowest BCUT2D eigenvalue weighted by atomic mass is 10.3. The van der Waals surface area contributed by atoms with Gasteiger partial charge in [0.1, 0.15) is 0 Å². The lowest BCUT2D eigenvalue weighted by Gasteiger charge is -2.09. The van der Waals surface area contributed by atoms with Crippen LogP contribution in [0.3, 0.4) is 0 Å². The molecule has 0 fully saturated rings. The van der Waals surface area contributed by atoms with Gasteiger partial charge in [-0.1, -0.05) is 6.07 Å². The van der Waals surface area contributed by atoms with E-state index in [9.17, 15) is 14.9 Å². The summed E-state index contributed by atoms with van der Waals surface area (Å²) in [6.07, 6.45) is 0. The van der Waals surface area contributed by atoms with Gasteiger partial charge in [-0.3, -0.25) is 14.9 Å². The molecule has 0 aliphatic rings. The Kier molecular flexibility index (Phi) is 4.45. The summed E-state index contributed by atoms with van der Waals surface area (Å²) in [7, 11) is 0. The van der Waals surface area contributed by atoms with Crippen molar-refractivity contribution >= 4 is 17.3 Å². The number of nitrogens with zero attached hydrogens (tertiary/aromatic N) is 1. The Hall–Kier alpha value is -2.11. The number of carbonyl (C=O) groups excluding carboxylic acids is 1. The van der Waals surface area contributed by atoms with Crippen LogP contribution < -0.4 is 10.6 Å². The van der Waals surface area contributed by atoms with Gasteiger partial charge in [-0.15, -0.1) is 0 Å². The predicted molar refractivity (Wildman–Crippen MR) is 64.9 cm³/mol. The highest BCUT2D eigenvalue weighted by Crippen LogP contribution is 2.16. The largest absolute Gasteiger partial charge is 0.376 e. The van der Waals surface area contributed by atoms with Gasteiger partial charge in [0.15, 0.2) is 0 Å². The number of nitrogens with one attached hydrogen (secondary N) is 2. The number of rotatable bonds is 5. The number of nitro benzene ring substituents is 1. The van der Waals surface area contributed by atoms with Crippen LogP contribution in [0.4, 0.5) is 11.4 Å². The molecule has 2 N–H and O–H groups in total. The highest BCUT2D eigenvalue weighted by Gasteiger charge is 2.07. The zero-order chi connectivity index (χ0) is 12.8. The highest BCUT2D eigenvalue weighted by atomic mass is 16.6. The number of hydrogen-bond acceptors (Lipinski definition) is 4. The van der Waals surface area contributed by atoms with E-state index in [1.54, 1.807) is 12.1 Å². The molecule has 0 heterocycles. The quantitative estimate of drug-likeness (QED) is 0.600. The molecule has 6 heteroatoms. The van der Waals surface area contributed by atoms with E-state index in [0.29, 0.717) is 5.69 Å². The second-order valence-corrected chi connectivity index (χ2v) is 3.88. The van der Waals surface area contributed by atoms with E-state index in [1.165, 1.54) is 12.1 Å². The fourth-order valence-corrected chi connectivity index (χ4v) is 1.28. The van der Waals surface area contributed by atoms with E-state index in [1.807, 2.05) is 13.8 Å². The van der Waals surface area contributed by atoms with Crippen molar-refractivity contribution in [1.29, 1.82) is 0 Å². The van der Waals surface area contributed by atoms with Gasteiger partial charge in [0.25, 0.3) is 5.69 Å². The van der Waals surface area contributed by atoms with Crippen LogP contribution in [0, 0.1) is 10.1 Å². The average molecular weight is 237 g/mol. The van der Waals surface area contributed by atoms with Gasteiger partial charge in [-0.2, -0.15) is 0 Å². The summed E-state index contributed by atoms with van der Waals surface area (Å²) in [5.41, 5.74) is 0.553. The van der Waals surface area contributed by atoms with Gasteiger partial charge in [0.2, 0.25) is 5.91 Å². The third kappa shape index (κ3) is 4.50. The Balaban J connectivity index is 2.54. The smallest absolute Gasteiger partial charge is 0.271 e. The van der Waals surface area contributed by atoms with Gasteiger partial charge < -0.3 is 10.6 Å². The van der Waals surface area contributed by atoms with Crippen molar-refractivity contribution in [3.05, 3.63) is 34.4 Å². The average Bonchev–Trinajstić information content (AvgIpc) is 2.26. The van der Waals surface area contributed by atoms with E-state index >= 15 is 0 Å². The minimum Gasteiger partial charge on any atom is -0.376 e. The van der Waals surface area contributed by atoms with E-state index in [2.05, 4.69) is 10.6 Å². The normalized spacial score (nSPS) is 10.1. The molecule has 0 saturated heterocycles. The molecule has 1 aromatic carbocycles. The third-order valence-corrected chi connectivity index (χ3v) is 1.96. The third-order valence-electron chi connectivity index (χ3n) is 1.96. The van der Waals surface area contributed by atoms with Crippen LogP contribution in [-0.2, 0) is 4.79 Å². The van der Waals surface area contributed by atoms with Crippen molar-refractivity contribution in [2.75, 3.05) is 11.9 Å². The monoisotopic (exact) mass is 237 g/mol. The SMILES string of the molecule is CC(C)NC(=O)CNc1cccc([N+](=O)[O-])c1. The zero-order valence-electron chi connectivity index (χ0n) is 9.77. The molecular weight excluding hydrogens is 222 g/mol. The van der Waals surface area contributed by atoms with Crippen molar-refractivity contribution in [3.8, 4) is 0 Å². The summed E-state index contributed by atoms with van der Waals surface area (Å²) < 4.78 is 0. The van der Waals surface area contributed by atoms with Crippen molar-refractivity contribution in [3.63, 3.8) is 0 Å². The summed E-state index contributed by atoms with van der Waals surface area (Å²) >= 11 is 0. The lowest BCUT2D eigenvalue weighted by Crippen LogP contribution is -2.34. The van der Waals surface area contributed by atoms with Crippen LogP contribution in [0.1, 0.15) is 13.8 Å². The highest BCUT2D eigenvalue weighted by molar-refractivity contribution is 5.81. The topological polar surface area (TPSA) is 84.3 Å². The number of anilines is 1. The van der Waals surface area contributed by atoms with E-state index < -0.39 is 4.92 Å². The molecule has 0 spiro atoms. The van der Waals surface area contributed by atoms with Gasteiger partial charge in [0, 0.05) is 23.9 Å². The Morgan fingerprint density at radius 2 is 2.18 bits per heavy atom. The van der Waals surface area contributed by atoms with Crippen molar-refractivity contribution in [1.82, 2.24) is 5.32 Å². The molecule has 1 amide bonds. The number of amides is 1. The first-order chi connectivity index (χ1) is 7.99. The molecule has 0 bridgehead atoms. The number of benzene rings is 1. The Labute approximate surface area is 99.2 Å². The molecule has 0 aliphatic carbocycles. The molecule has 0 aliphatic heterocycles. The summed E-state index contributed by atoms with van der Waals surface area (Å²) in [6.45, 7) is 3.83. The van der Waals surface area contributed by atoms with Crippen molar-refractivity contribution < 1.29 is 9.72 Å². The summed E-state index contributed by atoms with van der Waals surface area (Å²) in [5.74, 6) is -0.147. The molecule has 6 nitrogen and oxygen atoms in total. The Morgan fingerprint density at radius 1 is 1.47 bits per heavy atom. The zero-order valence-corrected chi connectivity index (χ0v) is 9.77. The standard InChI is InChI=1S/C11H15N3O3/c1-8(2)13-11(15)7-12-9-4-3-5-10(6-9)14(16)17/h3-6,8,12H,7H2,1-2H3,(H,13,15). The van der Waals surface area contributed by atoms with Crippen LogP contribution in [0.15, 0.2) is 24.3 Å². The minimum atomic E-state index is -0.473. The Bertz CT molecular complexity index is 418. The fraction of sp³-hybridized carbons (Fsp3) is 0.364. The predicted octanol–water partition coefficient (Wildman–Crippen LogP) is 1.53. The first-order valence-electron chi connectivity index (χ1n) is 5.26. The van der Waals surface area contributed by atoms with Crippen LogP contribution in [0.5, 0.6) is 0 Å². The molecule has 17 heavy (non-hydrogen) atoms. The molecular formula is C11H15N3O3. The number of non-ortho nitro benzene ring substituents is 1. The number of hydrogen-bond donors (Lipinski definition) is 2. The van der Waals surface area contributed by atoms with Crippen molar-refractivity contribution in [2.45, 2.75) is 19.9 Å². The van der Waals surface area contributed by atoms with Gasteiger partial charge in [-0.05, 0) is 19.9 Å². The van der Waals surface area contributed by atoms with Crippen LogP contribution in [0.25, 0.3) is 0 Å². The van der Waals surface area contributed by atoms with Gasteiger partial charge in [0.05, 0.1) is 11.5 Å². The maximum absolute atomic E-state index is 11.3. The summed E-state index contributed by atoms with van der Waals surface area (Å²) in [5, 5.41) is 16.1. The second-order valence-electron chi connectivity index (χ2n) is 3.88. The van der Waals surface area contributed by atoms with Crippen LogP contribution in [-0.4, -0.2) is 23.4 Å². The minimum absolute atomic E-state index is 0.000678.